The zero-order chi connectivity index (χ0) is 59.1. The molecule has 432 valence electrons. The number of oxime groups is 1. The highest BCUT2D eigenvalue weighted by molar-refractivity contribution is 7.80. The van der Waals surface area contributed by atoms with Gasteiger partial charge in [-0.3, -0.25) is 19.5 Å². The lowest BCUT2D eigenvalue weighted by atomic mass is 9.84. The molecule has 1 aromatic carbocycles. The maximum atomic E-state index is 14.0. The molecule has 0 saturated carbocycles. The number of nitrogens with zero attached hydrogens (tertiary/aromatic N) is 6. The molecule has 4 rings (SSSR count). The van der Waals surface area contributed by atoms with E-state index in [1.165, 1.54) is 35.9 Å². The van der Waals surface area contributed by atoms with E-state index in [9.17, 15) is 46.5 Å². The topological polar surface area (TPSA) is 333 Å². The first-order valence-corrected chi connectivity index (χ1v) is 26.5. The minimum Gasteiger partial charge on any atom is -0.489 e. The summed E-state index contributed by atoms with van der Waals surface area (Å²) in [6.45, 7) is 27.1. The maximum absolute atomic E-state index is 14.0. The molecular formula is C49H71N9O18S2. The first-order valence-electron chi connectivity index (χ1n) is 24.3. The molecule has 1 unspecified atom stereocenters. The summed E-state index contributed by atoms with van der Waals surface area (Å²) in [6, 6.07) is 4.79. The van der Waals surface area contributed by atoms with Crippen LogP contribution in [0.15, 0.2) is 41.0 Å². The number of hydrogen-bond donors (Lipinski definition) is 4. The highest BCUT2D eigenvalue weighted by Gasteiger charge is 2.58. The Bertz CT molecular complexity index is 2800. The standard InChI is InChI=1S/C49H71N9O18S2/c1-44(2,3)70-37(61)32(75-55-33(31-27-77-38(51-31)54-41(63)72-46(7,8)9)35(59)53-34-36(60)58(49(34,16)17)76-78(66,67)68)26-69-29-21-19-28(20-22-29)30-25-56(24-18-23-50-40(62)71-45(4,5)6)39(52-30)57(42(64)73-47(10,11)12)43(65)74-48(13,14)15/h19-22,25,27,32,34H,18,23-24,26H2,1-17H3,(H,50,62)(H,53,59)(H,51,54,63)(H,66,67,68)/b55-33-/t32?,34-/m1/s1. The third kappa shape index (κ3) is 19.7. The number of nitrogens with one attached hydrogen (secondary N) is 3. The number of amides is 6. The van der Waals surface area contributed by atoms with Crippen molar-refractivity contribution < 1.29 is 84.1 Å². The predicted octanol–water partition coefficient (Wildman–Crippen LogP) is 7.30. The van der Waals surface area contributed by atoms with Crippen molar-refractivity contribution in [1.82, 2.24) is 30.2 Å². The van der Waals surface area contributed by atoms with E-state index in [2.05, 4.69) is 35.4 Å². The van der Waals surface area contributed by atoms with Crippen LogP contribution >= 0.6 is 11.3 Å². The molecular weight excluding hydrogens is 1070 g/mol. The van der Waals surface area contributed by atoms with Crippen LogP contribution in [0.25, 0.3) is 11.3 Å². The van der Waals surface area contributed by atoms with E-state index in [1.54, 1.807) is 122 Å². The summed E-state index contributed by atoms with van der Waals surface area (Å²) in [5.41, 5.74) is -6.38. The number of imidazole rings is 1. The average molecular weight is 1140 g/mol. The molecule has 1 saturated heterocycles. The second-order valence-electron chi connectivity index (χ2n) is 23.0. The van der Waals surface area contributed by atoms with Crippen molar-refractivity contribution in [3.63, 3.8) is 0 Å². The predicted molar refractivity (Wildman–Crippen MR) is 282 cm³/mol. The Kier molecular flexibility index (Phi) is 19.7. The van der Waals surface area contributed by atoms with E-state index in [1.807, 2.05) is 0 Å². The molecule has 1 aliphatic heterocycles. The molecule has 78 heavy (non-hydrogen) atoms. The molecule has 29 heteroatoms. The van der Waals surface area contributed by atoms with Crippen LogP contribution in [0.2, 0.25) is 0 Å². The van der Waals surface area contributed by atoms with Crippen molar-refractivity contribution >= 4 is 80.7 Å². The van der Waals surface area contributed by atoms with Gasteiger partial charge in [0, 0.05) is 30.2 Å². The van der Waals surface area contributed by atoms with Gasteiger partial charge in [-0.25, -0.2) is 33.9 Å². The number of carbonyl (C=O) groups is 7. The number of benzene rings is 1. The van der Waals surface area contributed by atoms with Gasteiger partial charge in [0.2, 0.25) is 5.95 Å². The molecule has 1 fully saturated rings. The number of imide groups is 1. The monoisotopic (exact) mass is 1140 g/mol. The summed E-state index contributed by atoms with van der Waals surface area (Å²) in [5, 5.41) is 13.1. The van der Waals surface area contributed by atoms with Gasteiger partial charge in [0.15, 0.2) is 10.8 Å². The van der Waals surface area contributed by atoms with Gasteiger partial charge >= 0.3 is 40.7 Å². The first kappa shape index (κ1) is 63.4. The van der Waals surface area contributed by atoms with Crippen LogP contribution < -0.4 is 25.6 Å². The Morgan fingerprint density at radius 2 is 1.33 bits per heavy atom. The molecule has 2 aromatic heterocycles. The van der Waals surface area contributed by atoms with Crippen LogP contribution in [0.5, 0.6) is 5.75 Å². The van der Waals surface area contributed by atoms with Gasteiger partial charge in [-0.2, -0.15) is 13.5 Å². The van der Waals surface area contributed by atoms with E-state index in [0.717, 1.165) is 11.3 Å². The van der Waals surface area contributed by atoms with E-state index >= 15 is 0 Å². The molecule has 27 nitrogen and oxygen atoms in total. The summed E-state index contributed by atoms with van der Waals surface area (Å²) in [6.07, 6.45) is -3.44. The van der Waals surface area contributed by atoms with Crippen molar-refractivity contribution in [3.8, 4) is 17.0 Å². The SMILES string of the molecule is CC(C)(C)OC(=O)NCCCn1cc(-c2ccc(OCC(O/N=C(\C(=O)N[C@@H]3C(=O)N(OS(=O)(=O)O)C3(C)C)c3csc(NC(=O)OC(C)(C)C)n3)C(=O)OC(C)(C)C)cc2)nc1N(C(=O)OC(C)(C)C)C(=O)OC(C)(C)C. The van der Waals surface area contributed by atoms with Gasteiger partial charge in [-0.15, -0.1) is 20.5 Å². The van der Waals surface area contributed by atoms with Crippen LogP contribution in [0, 0.1) is 0 Å². The van der Waals surface area contributed by atoms with Crippen LogP contribution in [0.3, 0.4) is 0 Å². The molecule has 0 spiro atoms. The van der Waals surface area contributed by atoms with Crippen LogP contribution in [-0.2, 0) is 64.1 Å². The molecule has 0 bridgehead atoms. The highest BCUT2D eigenvalue weighted by atomic mass is 32.3. The fourth-order valence-corrected chi connectivity index (χ4v) is 7.60. The summed E-state index contributed by atoms with van der Waals surface area (Å²) in [5.74, 6) is -3.15. The van der Waals surface area contributed by atoms with E-state index in [-0.39, 0.29) is 41.3 Å². The van der Waals surface area contributed by atoms with Crippen LogP contribution in [0.4, 0.5) is 30.3 Å². The quantitative estimate of drug-likeness (QED) is 0.0185. The molecule has 1 aliphatic rings. The summed E-state index contributed by atoms with van der Waals surface area (Å²) in [7, 11) is -5.13. The smallest absolute Gasteiger partial charge is 0.427 e. The number of esters is 1. The Balaban J connectivity index is 1.69. The van der Waals surface area contributed by atoms with Gasteiger partial charge in [0.05, 0.1) is 11.2 Å². The fraction of sp³-hybridized carbons (Fsp3) is 0.592. The number of thiazole rings is 1. The van der Waals surface area contributed by atoms with Gasteiger partial charge in [-0.1, -0.05) is 5.16 Å². The minimum absolute atomic E-state index is 0.0537. The highest BCUT2D eigenvalue weighted by Crippen LogP contribution is 2.34. The number of β-lactam (4-membered cyclic amide) rings is 1. The summed E-state index contributed by atoms with van der Waals surface area (Å²) >= 11 is 0.854. The van der Waals surface area contributed by atoms with Crippen molar-refractivity contribution in [3.05, 3.63) is 41.5 Å². The second-order valence-corrected chi connectivity index (χ2v) is 24.8. The lowest BCUT2D eigenvalue weighted by Gasteiger charge is -2.50. The van der Waals surface area contributed by atoms with E-state index < -0.39 is 111 Å². The maximum Gasteiger partial charge on any atom is 0.427 e. The number of aryl methyl sites for hydroxylation is 1. The lowest BCUT2D eigenvalue weighted by molar-refractivity contribution is -0.218. The number of rotatable bonds is 18. The minimum atomic E-state index is -5.13. The van der Waals surface area contributed by atoms with Gasteiger partial charge < -0.3 is 48.5 Å². The molecule has 0 aliphatic carbocycles. The fourth-order valence-electron chi connectivity index (χ4n) is 6.47. The van der Waals surface area contributed by atoms with Gasteiger partial charge in [0.25, 0.3) is 17.9 Å². The van der Waals surface area contributed by atoms with Crippen molar-refractivity contribution in [2.45, 2.75) is 176 Å². The average Bonchev–Trinajstić information content (AvgIpc) is 3.88. The number of aromatic nitrogens is 3. The Morgan fingerprint density at radius 1 is 0.795 bits per heavy atom. The van der Waals surface area contributed by atoms with Gasteiger partial charge in [-0.05, 0) is 148 Å². The Morgan fingerprint density at radius 3 is 1.85 bits per heavy atom. The Labute approximate surface area is 456 Å². The summed E-state index contributed by atoms with van der Waals surface area (Å²) in [4.78, 5) is 109. The molecule has 0 radical (unpaired) electrons. The largest absolute Gasteiger partial charge is 0.489 e. The summed E-state index contributed by atoms with van der Waals surface area (Å²) < 4.78 is 71.5. The van der Waals surface area contributed by atoms with Crippen molar-refractivity contribution in [1.29, 1.82) is 0 Å². The number of carbonyl (C=O) groups excluding carboxylic acids is 7. The van der Waals surface area contributed by atoms with Crippen LogP contribution in [0.1, 0.15) is 130 Å². The lowest BCUT2D eigenvalue weighted by Crippen LogP contribution is -2.76. The molecule has 6 amide bonds. The first-order chi connectivity index (χ1) is 35.5. The van der Waals surface area contributed by atoms with E-state index in [4.69, 9.17) is 33.3 Å². The zero-order valence-electron chi connectivity index (χ0n) is 46.8. The third-order valence-corrected chi connectivity index (χ3v) is 10.6. The second kappa shape index (κ2) is 24.3. The van der Waals surface area contributed by atoms with Crippen molar-refractivity contribution in [2.75, 3.05) is 23.4 Å². The number of hydrogen-bond acceptors (Lipinski definition) is 21. The number of alkyl carbamates (subject to hydrolysis) is 1. The third-order valence-electron chi connectivity index (χ3n) is 9.53. The number of ether oxygens (including phenoxy) is 6. The van der Waals surface area contributed by atoms with E-state index in [0.29, 0.717) is 21.9 Å². The number of hydroxylamine groups is 2. The molecule has 2 atom stereocenters. The Hall–Kier alpha value is -7.11. The van der Waals surface area contributed by atoms with Crippen LogP contribution in [-0.4, -0.2) is 139 Å². The zero-order valence-corrected chi connectivity index (χ0v) is 48.5. The molecule has 3 heterocycles. The van der Waals surface area contributed by atoms with Gasteiger partial charge in [0.1, 0.15) is 52.1 Å². The number of anilines is 2. The van der Waals surface area contributed by atoms with Crippen molar-refractivity contribution in [2.24, 2.45) is 5.16 Å². The molecule has 4 N–H and O–H groups in total. The molecule has 3 aromatic rings. The normalized spacial score (nSPS) is 15.5.